The van der Waals surface area contributed by atoms with Gasteiger partial charge in [0.1, 0.15) is 5.60 Å². The minimum atomic E-state index is -0.526. The molecule has 0 saturated heterocycles. The SMILES string of the molecule is CCC(=O)c1ccc(-c2ccc(NC(=O)OC(C)(C)C)cc2)cc1. The van der Waals surface area contributed by atoms with Gasteiger partial charge in [-0.05, 0) is 44.0 Å². The lowest BCUT2D eigenvalue weighted by atomic mass is 10.0. The standard InChI is InChI=1S/C20H23NO3/c1-5-18(22)16-8-6-14(7-9-16)15-10-12-17(13-11-15)21-19(23)24-20(2,3)4/h6-13H,5H2,1-4H3,(H,21,23). The lowest BCUT2D eigenvalue weighted by molar-refractivity contribution is 0.0635. The molecule has 2 aromatic carbocycles. The van der Waals surface area contributed by atoms with Crippen molar-refractivity contribution in [3.8, 4) is 11.1 Å². The summed E-state index contributed by atoms with van der Waals surface area (Å²) < 4.78 is 5.22. The van der Waals surface area contributed by atoms with E-state index in [-0.39, 0.29) is 5.78 Å². The van der Waals surface area contributed by atoms with Gasteiger partial charge < -0.3 is 4.74 Å². The number of Topliss-reactive ketones (excluding diaryl/α,β-unsaturated/α-hetero) is 1. The second-order valence-electron chi connectivity index (χ2n) is 6.56. The predicted octanol–water partition coefficient (Wildman–Crippen LogP) is 5.29. The zero-order valence-electron chi connectivity index (χ0n) is 14.6. The minimum Gasteiger partial charge on any atom is -0.444 e. The Morgan fingerprint density at radius 2 is 1.42 bits per heavy atom. The molecule has 2 aromatic rings. The number of ketones is 1. The lowest BCUT2D eigenvalue weighted by Crippen LogP contribution is -2.27. The molecule has 0 spiro atoms. The number of rotatable bonds is 4. The molecule has 0 fully saturated rings. The second kappa shape index (κ2) is 7.30. The fourth-order valence-corrected chi connectivity index (χ4v) is 2.22. The van der Waals surface area contributed by atoms with Crippen LogP contribution in [0.4, 0.5) is 10.5 Å². The van der Waals surface area contributed by atoms with Crippen LogP contribution in [0.1, 0.15) is 44.5 Å². The summed E-state index contributed by atoms with van der Waals surface area (Å²) in [5.41, 5.74) is 2.91. The van der Waals surface area contributed by atoms with Crippen LogP contribution in [0.3, 0.4) is 0 Å². The van der Waals surface area contributed by atoms with Crippen molar-refractivity contribution in [1.82, 2.24) is 0 Å². The monoisotopic (exact) mass is 325 g/mol. The zero-order chi connectivity index (χ0) is 17.7. The number of hydrogen-bond acceptors (Lipinski definition) is 3. The molecule has 1 amide bonds. The van der Waals surface area contributed by atoms with E-state index in [4.69, 9.17) is 4.74 Å². The highest BCUT2D eigenvalue weighted by atomic mass is 16.6. The Morgan fingerprint density at radius 1 is 0.917 bits per heavy atom. The average Bonchev–Trinajstić information content (AvgIpc) is 2.53. The molecule has 2 rings (SSSR count). The summed E-state index contributed by atoms with van der Waals surface area (Å²) >= 11 is 0. The van der Waals surface area contributed by atoms with Crippen molar-refractivity contribution in [2.75, 3.05) is 5.32 Å². The molecular weight excluding hydrogens is 302 g/mol. The van der Waals surface area contributed by atoms with Crippen molar-refractivity contribution in [2.24, 2.45) is 0 Å². The van der Waals surface area contributed by atoms with Crippen molar-refractivity contribution in [3.63, 3.8) is 0 Å². The molecule has 0 saturated carbocycles. The minimum absolute atomic E-state index is 0.137. The Morgan fingerprint density at radius 3 is 1.88 bits per heavy atom. The van der Waals surface area contributed by atoms with Gasteiger partial charge in [-0.1, -0.05) is 43.3 Å². The van der Waals surface area contributed by atoms with Crippen molar-refractivity contribution in [3.05, 3.63) is 54.1 Å². The average molecular weight is 325 g/mol. The third-order valence-corrected chi connectivity index (χ3v) is 3.39. The molecule has 0 bridgehead atoms. The molecule has 4 nitrogen and oxygen atoms in total. The number of benzene rings is 2. The quantitative estimate of drug-likeness (QED) is 0.777. The molecular formula is C20H23NO3. The second-order valence-corrected chi connectivity index (χ2v) is 6.56. The Kier molecular flexibility index (Phi) is 5.39. The van der Waals surface area contributed by atoms with Crippen LogP contribution in [0.2, 0.25) is 0 Å². The van der Waals surface area contributed by atoms with Gasteiger partial charge in [0.25, 0.3) is 0 Å². The molecule has 24 heavy (non-hydrogen) atoms. The molecule has 126 valence electrons. The van der Waals surface area contributed by atoms with Crippen LogP contribution in [0, 0.1) is 0 Å². The molecule has 0 radical (unpaired) electrons. The van der Waals surface area contributed by atoms with Crippen molar-refractivity contribution >= 4 is 17.6 Å². The molecule has 0 atom stereocenters. The van der Waals surface area contributed by atoms with Gasteiger partial charge in [0.15, 0.2) is 5.78 Å². The van der Waals surface area contributed by atoms with Gasteiger partial charge in [0, 0.05) is 17.7 Å². The molecule has 0 unspecified atom stereocenters. The molecule has 1 N–H and O–H groups in total. The van der Waals surface area contributed by atoms with Gasteiger partial charge in [-0.2, -0.15) is 0 Å². The largest absolute Gasteiger partial charge is 0.444 e. The maximum Gasteiger partial charge on any atom is 0.412 e. The number of hydrogen-bond donors (Lipinski definition) is 1. The number of nitrogens with one attached hydrogen (secondary N) is 1. The van der Waals surface area contributed by atoms with E-state index in [9.17, 15) is 9.59 Å². The first-order valence-corrected chi connectivity index (χ1v) is 8.02. The third kappa shape index (κ3) is 4.95. The van der Waals surface area contributed by atoms with Crippen LogP contribution in [0.15, 0.2) is 48.5 Å². The maximum atomic E-state index is 11.7. The lowest BCUT2D eigenvalue weighted by Gasteiger charge is -2.19. The maximum absolute atomic E-state index is 11.7. The third-order valence-electron chi connectivity index (χ3n) is 3.39. The van der Waals surface area contributed by atoms with Crippen molar-refractivity contribution in [1.29, 1.82) is 0 Å². The van der Waals surface area contributed by atoms with E-state index in [0.29, 0.717) is 12.1 Å². The van der Waals surface area contributed by atoms with Gasteiger partial charge in [0.2, 0.25) is 0 Å². The van der Waals surface area contributed by atoms with Gasteiger partial charge in [-0.25, -0.2) is 4.79 Å². The highest BCUT2D eigenvalue weighted by Crippen LogP contribution is 2.22. The summed E-state index contributed by atoms with van der Waals surface area (Å²) in [5.74, 6) is 0.137. The first-order valence-electron chi connectivity index (χ1n) is 8.02. The van der Waals surface area contributed by atoms with Crippen LogP contribution < -0.4 is 5.32 Å². The molecule has 0 aliphatic heterocycles. The van der Waals surface area contributed by atoms with E-state index in [1.165, 1.54) is 0 Å². The number of amides is 1. The molecule has 4 heteroatoms. The summed E-state index contributed by atoms with van der Waals surface area (Å²) in [6, 6.07) is 15.0. The van der Waals surface area contributed by atoms with E-state index < -0.39 is 11.7 Å². The Balaban J connectivity index is 2.06. The summed E-state index contributed by atoms with van der Waals surface area (Å²) in [4.78, 5) is 23.4. The Hall–Kier alpha value is -2.62. The molecule has 0 heterocycles. The highest BCUT2D eigenvalue weighted by Gasteiger charge is 2.16. The molecule has 0 aliphatic carbocycles. The van der Waals surface area contributed by atoms with Gasteiger partial charge in [-0.3, -0.25) is 10.1 Å². The summed E-state index contributed by atoms with van der Waals surface area (Å²) in [5, 5.41) is 2.70. The van der Waals surface area contributed by atoms with Crippen molar-refractivity contribution < 1.29 is 14.3 Å². The summed E-state index contributed by atoms with van der Waals surface area (Å²) in [7, 11) is 0. The van der Waals surface area contributed by atoms with E-state index in [1.807, 2.05) is 76.2 Å². The van der Waals surface area contributed by atoms with Gasteiger partial charge >= 0.3 is 6.09 Å². The molecule has 0 aromatic heterocycles. The van der Waals surface area contributed by atoms with Crippen LogP contribution in [0.25, 0.3) is 11.1 Å². The topological polar surface area (TPSA) is 55.4 Å². The number of carbonyl (C=O) groups excluding carboxylic acids is 2. The van der Waals surface area contributed by atoms with E-state index >= 15 is 0 Å². The first kappa shape index (κ1) is 17.7. The Bertz CT molecular complexity index is 710. The van der Waals surface area contributed by atoms with Crippen LogP contribution in [-0.2, 0) is 4.74 Å². The fourth-order valence-electron chi connectivity index (χ4n) is 2.22. The first-order chi connectivity index (χ1) is 11.3. The number of carbonyl (C=O) groups is 2. The Labute approximate surface area is 142 Å². The van der Waals surface area contributed by atoms with E-state index in [2.05, 4.69) is 5.32 Å². The summed E-state index contributed by atoms with van der Waals surface area (Å²) in [6.07, 6.45) is 0.0300. The normalized spacial score (nSPS) is 11.0. The number of anilines is 1. The number of ether oxygens (including phenoxy) is 1. The van der Waals surface area contributed by atoms with Gasteiger partial charge in [0.05, 0.1) is 0 Å². The van der Waals surface area contributed by atoms with Gasteiger partial charge in [-0.15, -0.1) is 0 Å². The zero-order valence-corrected chi connectivity index (χ0v) is 14.6. The smallest absolute Gasteiger partial charge is 0.412 e. The van der Waals surface area contributed by atoms with Crippen LogP contribution in [0.5, 0.6) is 0 Å². The highest BCUT2D eigenvalue weighted by molar-refractivity contribution is 5.96. The van der Waals surface area contributed by atoms with Crippen LogP contribution >= 0.6 is 0 Å². The summed E-state index contributed by atoms with van der Waals surface area (Å²) in [6.45, 7) is 7.32. The van der Waals surface area contributed by atoms with E-state index in [0.717, 1.165) is 16.7 Å². The molecule has 0 aliphatic rings. The van der Waals surface area contributed by atoms with Crippen LogP contribution in [-0.4, -0.2) is 17.5 Å². The predicted molar refractivity (Wildman–Crippen MR) is 96.4 cm³/mol. The van der Waals surface area contributed by atoms with E-state index in [1.54, 1.807) is 0 Å². The fraction of sp³-hybridized carbons (Fsp3) is 0.300. The van der Waals surface area contributed by atoms with Crippen molar-refractivity contribution in [2.45, 2.75) is 39.7 Å².